The van der Waals surface area contributed by atoms with E-state index >= 15 is 0 Å². The smallest absolute Gasteiger partial charge is 0.862 e. The third-order valence-electron chi connectivity index (χ3n) is 4.44. The average Bonchev–Trinajstić information content (AvgIpc) is 2.64. The maximum Gasteiger partial charge on any atom is 1.00 e. The molecule has 2 N–H and O–H groups in total. The Hall–Kier alpha value is 0.350. The standard InChI is InChI=1S/C20H34N2O8.3Na/c1-2-3-4-5-6-7-8-9-10-11-16(23)21-14(12-17(24)25)19(28)22-15(20(29)30)13-18(26)27;;;/h14-15H,2-13H2,1H3,(H,21,23)(H,22,28)(H,24,25)(H,26,27)(H,29,30);;;/q;3*+1/p-3. The number of hydrogen-bond acceptors (Lipinski definition) is 8. The van der Waals surface area contributed by atoms with E-state index in [1.165, 1.54) is 25.7 Å². The molecule has 2 atom stereocenters. The Bertz CT molecular complexity index is 606. The third kappa shape index (κ3) is 23.8. The number of carbonyl (C=O) groups is 4. The first-order valence-corrected chi connectivity index (χ1v) is 10.3. The van der Waals surface area contributed by atoms with Crippen LogP contribution in [0.2, 0.25) is 0 Å². The Morgan fingerprint density at radius 3 is 1.67 bits per heavy atom. The summed E-state index contributed by atoms with van der Waals surface area (Å²) in [5.41, 5.74) is 0. The van der Waals surface area contributed by atoms with E-state index in [1.54, 1.807) is 0 Å². The molecule has 0 radical (unpaired) electrons. The summed E-state index contributed by atoms with van der Waals surface area (Å²) < 4.78 is 0. The first kappa shape index (κ1) is 40.5. The van der Waals surface area contributed by atoms with Crippen molar-refractivity contribution in [3.05, 3.63) is 0 Å². The molecular weight excluding hydrogens is 465 g/mol. The minimum atomic E-state index is -1.82. The van der Waals surface area contributed by atoms with Crippen molar-refractivity contribution in [1.82, 2.24) is 5.32 Å². The normalized spacial score (nSPS) is 12.2. The van der Waals surface area contributed by atoms with Crippen molar-refractivity contribution in [2.24, 2.45) is 4.99 Å². The molecule has 0 saturated carbocycles. The number of unbranched alkanes of at least 4 members (excludes halogenated alkanes) is 8. The van der Waals surface area contributed by atoms with Crippen LogP contribution in [0.15, 0.2) is 4.99 Å². The van der Waals surface area contributed by atoms with Crippen LogP contribution in [0.1, 0.15) is 84.0 Å². The minimum Gasteiger partial charge on any atom is -0.862 e. The fourth-order valence-corrected chi connectivity index (χ4v) is 2.81. The number of nitrogens with zero attached hydrogens (tertiary/aromatic N) is 1. The number of carbonyl (C=O) groups excluding carboxylic acids is 3. The molecule has 2 unspecified atom stereocenters. The van der Waals surface area contributed by atoms with Crippen LogP contribution in [0, 0.1) is 0 Å². The van der Waals surface area contributed by atoms with E-state index in [9.17, 15) is 34.5 Å². The molecule has 0 spiro atoms. The van der Waals surface area contributed by atoms with Crippen LogP contribution in [0.5, 0.6) is 0 Å². The molecular formula is C20H31N2Na3O8. The molecule has 172 valence electrons. The summed E-state index contributed by atoms with van der Waals surface area (Å²) in [7, 11) is 0. The molecule has 10 nitrogen and oxygen atoms in total. The van der Waals surface area contributed by atoms with Crippen molar-refractivity contribution in [3.63, 3.8) is 0 Å². The Kier molecular flexibility index (Phi) is 31.2. The molecule has 0 aromatic rings. The van der Waals surface area contributed by atoms with Gasteiger partial charge in [-0.1, -0.05) is 58.3 Å². The quantitative estimate of drug-likeness (QED) is 0.0811. The van der Waals surface area contributed by atoms with Crippen LogP contribution in [0.25, 0.3) is 0 Å². The zero-order valence-corrected chi connectivity index (χ0v) is 26.4. The van der Waals surface area contributed by atoms with Crippen LogP contribution < -0.4 is 109 Å². The maximum absolute atomic E-state index is 12.1. The molecule has 0 fully saturated rings. The summed E-state index contributed by atoms with van der Waals surface area (Å²) in [6.45, 7) is 2.15. The second-order valence-electron chi connectivity index (χ2n) is 7.17. The fourth-order valence-electron chi connectivity index (χ4n) is 2.81. The summed E-state index contributed by atoms with van der Waals surface area (Å²) in [5, 5.41) is 44.2. The van der Waals surface area contributed by atoms with Crippen molar-refractivity contribution in [2.45, 2.75) is 96.1 Å². The van der Waals surface area contributed by atoms with Crippen molar-refractivity contribution < 1.29 is 128 Å². The predicted molar refractivity (Wildman–Crippen MR) is 102 cm³/mol. The Balaban J connectivity index is -0.00000140. The molecule has 0 aliphatic heterocycles. The first-order valence-electron chi connectivity index (χ1n) is 10.3. The number of nitrogens with one attached hydrogen (secondary N) is 1. The first-order chi connectivity index (χ1) is 14.2. The van der Waals surface area contributed by atoms with Crippen LogP contribution in [-0.2, 0) is 19.2 Å². The summed E-state index contributed by atoms with van der Waals surface area (Å²) in [4.78, 5) is 48.1. The molecule has 33 heavy (non-hydrogen) atoms. The van der Waals surface area contributed by atoms with Crippen LogP contribution in [-0.4, -0.2) is 46.9 Å². The van der Waals surface area contributed by atoms with E-state index in [2.05, 4.69) is 11.9 Å². The van der Waals surface area contributed by atoms with Gasteiger partial charge in [-0.2, -0.15) is 0 Å². The number of amides is 1. The molecule has 1 amide bonds. The number of aliphatic imine (C=N–C) groups is 1. The van der Waals surface area contributed by atoms with E-state index in [1.807, 2.05) is 5.32 Å². The van der Waals surface area contributed by atoms with Gasteiger partial charge < -0.3 is 35.3 Å². The summed E-state index contributed by atoms with van der Waals surface area (Å²) in [6.07, 6.45) is 7.46. The van der Waals surface area contributed by atoms with Gasteiger partial charge in [-0.05, 0) is 18.7 Å². The number of aliphatic carboxylic acids is 3. The van der Waals surface area contributed by atoms with Gasteiger partial charge in [0.1, 0.15) is 12.1 Å². The zero-order chi connectivity index (χ0) is 22.9. The molecule has 0 aromatic carbocycles. The predicted octanol–water partition coefficient (Wildman–Crippen LogP) is -10.1. The van der Waals surface area contributed by atoms with E-state index in [0.29, 0.717) is 6.42 Å². The molecule has 0 bridgehead atoms. The fraction of sp³-hybridized carbons (Fsp3) is 0.750. The van der Waals surface area contributed by atoms with Crippen molar-refractivity contribution in [3.8, 4) is 0 Å². The molecule has 0 aliphatic rings. The topological polar surface area (TPSA) is 182 Å². The minimum absolute atomic E-state index is 0. The maximum atomic E-state index is 12.1. The molecule has 13 heteroatoms. The van der Waals surface area contributed by atoms with Crippen LogP contribution in [0.4, 0.5) is 0 Å². The second-order valence-corrected chi connectivity index (χ2v) is 7.17. The SMILES string of the molecule is CCCCCCCCCCCC([O-])=NC(CC(=O)[O-])C(=O)NC(CC(=O)[O-])C(=O)O.[Na+].[Na+].[Na+]. The van der Waals surface area contributed by atoms with E-state index in [-0.39, 0.29) is 95.1 Å². The third-order valence-corrected chi connectivity index (χ3v) is 4.44. The average molecular weight is 496 g/mol. The number of carboxylic acid groups (broad SMARTS) is 3. The van der Waals surface area contributed by atoms with Gasteiger partial charge in [-0.15, -0.1) is 0 Å². The van der Waals surface area contributed by atoms with E-state index in [0.717, 1.165) is 25.7 Å². The van der Waals surface area contributed by atoms with Gasteiger partial charge in [0, 0.05) is 24.8 Å². The van der Waals surface area contributed by atoms with Crippen LogP contribution >= 0.6 is 0 Å². The molecule has 0 aromatic heterocycles. The Morgan fingerprint density at radius 2 is 1.24 bits per heavy atom. The monoisotopic (exact) mass is 496 g/mol. The van der Waals surface area contributed by atoms with Gasteiger partial charge in [-0.25, -0.2) is 4.79 Å². The summed E-state index contributed by atoms with van der Waals surface area (Å²) in [5.74, 6) is -6.85. The van der Waals surface area contributed by atoms with Crippen molar-refractivity contribution >= 4 is 29.7 Å². The molecule has 0 aliphatic carbocycles. The van der Waals surface area contributed by atoms with Gasteiger partial charge in [0.25, 0.3) is 0 Å². The van der Waals surface area contributed by atoms with Gasteiger partial charge in [0.05, 0.1) is 0 Å². The molecule has 0 saturated heterocycles. The summed E-state index contributed by atoms with van der Waals surface area (Å²) >= 11 is 0. The van der Waals surface area contributed by atoms with Crippen molar-refractivity contribution in [1.29, 1.82) is 0 Å². The zero-order valence-electron chi connectivity index (χ0n) is 20.4. The largest absolute Gasteiger partial charge is 1.00 e. The van der Waals surface area contributed by atoms with Crippen molar-refractivity contribution in [2.75, 3.05) is 0 Å². The van der Waals surface area contributed by atoms with E-state index in [4.69, 9.17) is 5.11 Å². The number of hydrogen-bond donors (Lipinski definition) is 2. The van der Waals surface area contributed by atoms with Gasteiger partial charge in [0.2, 0.25) is 5.91 Å². The Labute approximate surface area is 261 Å². The van der Waals surface area contributed by atoms with Gasteiger partial charge in [-0.3, -0.25) is 9.79 Å². The Morgan fingerprint density at radius 1 is 0.788 bits per heavy atom. The summed E-state index contributed by atoms with van der Waals surface area (Å²) in [6, 6.07) is -3.51. The number of rotatable bonds is 18. The number of carboxylic acids is 3. The van der Waals surface area contributed by atoms with E-state index < -0.39 is 54.6 Å². The molecule has 0 rings (SSSR count). The second kappa shape index (κ2) is 25.4. The molecule has 0 heterocycles. The van der Waals surface area contributed by atoms with Gasteiger partial charge >= 0.3 is 94.6 Å². The van der Waals surface area contributed by atoms with Crippen LogP contribution in [0.3, 0.4) is 0 Å². The van der Waals surface area contributed by atoms with Gasteiger partial charge in [0.15, 0.2) is 0 Å².